The Morgan fingerprint density at radius 2 is 1.91 bits per heavy atom. The number of rotatable bonds is 8. The third-order valence-electron chi connectivity index (χ3n) is 5.82. The molecule has 184 valence electrons. The minimum absolute atomic E-state index is 0.0254. The Kier molecular flexibility index (Phi) is 7.00. The van der Waals surface area contributed by atoms with Gasteiger partial charge in [-0.3, -0.25) is 0 Å². The van der Waals surface area contributed by atoms with Gasteiger partial charge >= 0.3 is 11.6 Å². The van der Waals surface area contributed by atoms with Crippen LogP contribution in [0.15, 0.2) is 63.1 Å². The van der Waals surface area contributed by atoms with E-state index in [1.165, 1.54) is 7.11 Å². The van der Waals surface area contributed by atoms with Crippen molar-refractivity contribution in [3.63, 3.8) is 0 Å². The summed E-state index contributed by atoms with van der Waals surface area (Å²) in [5, 5.41) is 0.568. The Morgan fingerprint density at radius 3 is 2.63 bits per heavy atom. The predicted octanol–water partition coefficient (Wildman–Crippen LogP) is 4.48. The van der Waals surface area contributed by atoms with Gasteiger partial charge in [-0.1, -0.05) is 32.0 Å². The minimum atomic E-state index is -0.891. The van der Waals surface area contributed by atoms with Gasteiger partial charge in [0.05, 0.1) is 37.2 Å². The molecule has 2 aromatic carbocycles. The van der Waals surface area contributed by atoms with Crippen molar-refractivity contribution in [3.8, 4) is 17.2 Å². The highest BCUT2D eigenvalue weighted by molar-refractivity contribution is 5.94. The van der Waals surface area contributed by atoms with Crippen molar-refractivity contribution < 1.29 is 28.2 Å². The molecule has 35 heavy (non-hydrogen) atoms. The highest BCUT2D eigenvalue weighted by Gasteiger charge is 2.39. The SMILES string of the molecule is CCOC(=O)C1=C(N)Oc2c(c(=O)oc3ccccc23)C1c1ccc(OCCC(C)C)c(OC)c1. The second-order valence-electron chi connectivity index (χ2n) is 8.60. The lowest BCUT2D eigenvalue weighted by Gasteiger charge is -2.28. The molecule has 1 unspecified atom stereocenters. The molecule has 0 aliphatic carbocycles. The van der Waals surface area contributed by atoms with Crippen LogP contribution in [0.25, 0.3) is 11.0 Å². The van der Waals surface area contributed by atoms with Gasteiger partial charge in [0.25, 0.3) is 0 Å². The van der Waals surface area contributed by atoms with Crippen LogP contribution in [-0.2, 0) is 9.53 Å². The Hall–Kier alpha value is -3.94. The highest BCUT2D eigenvalue weighted by atomic mass is 16.5. The molecule has 8 heteroatoms. The van der Waals surface area contributed by atoms with E-state index in [9.17, 15) is 9.59 Å². The lowest BCUT2D eigenvalue weighted by molar-refractivity contribution is -0.139. The lowest BCUT2D eigenvalue weighted by Crippen LogP contribution is -2.31. The van der Waals surface area contributed by atoms with Crippen LogP contribution in [0, 0.1) is 5.92 Å². The van der Waals surface area contributed by atoms with E-state index in [-0.39, 0.29) is 29.4 Å². The molecule has 1 aliphatic heterocycles. The van der Waals surface area contributed by atoms with E-state index in [1.54, 1.807) is 49.4 Å². The first-order valence-electron chi connectivity index (χ1n) is 11.6. The van der Waals surface area contributed by atoms with Crippen molar-refractivity contribution in [2.45, 2.75) is 33.1 Å². The van der Waals surface area contributed by atoms with Gasteiger partial charge in [-0.05, 0) is 49.1 Å². The molecule has 4 rings (SSSR count). The Bertz CT molecular complexity index is 1340. The third kappa shape index (κ3) is 4.69. The molecule has 0 saturated carbocycles. The first kappa shape index (κ1) is 24.2. The maximum absolute atomic E-state index is 13.2. The largest absolute Gasteiger partial charge is 0.493 e. The van der Waals surface area contributed by atoms with Crippen molar-refractivity contribution in [3.05, 3.63) is 75.5 Å². The zero-order valence-corrected chi connectivity index (χ0v) is 20.3. The fraction of sp³-hybridized carbons (Fsp3) is 0.333. The fourth-order valence-electron chi connectivity index (χ4n) is 4.09. The molecule has 1 atom stereocenters. The van der Waals surface area contributed by atoms with E-state index in [0.29, 0.717) is 40.6 Å². The smallest absolute Gasteiger partial charge is 0.344 e. The number of nitrogens with two attached hydrogens (primary N) is 1. The number of para-hydroxylation sites is 1. The van der Waals surface area contributed by atoms with Crippen molar-refractivity contribution >= 4 is 16.9 Å². The lowest BCUT2D eigenvalue weighted by atomic mass is 9.83. The summed E-state index contributed by atoms with van der Waals surface area (Å²) < 4.78 is 28.2. The number of esters is 1. The third-order valence-corrected chi connectivity index (χ3v) is 5.82. The molecule has 0 radical (unpaired) electrons. The van der Waals surface area contributed by atoms with Crippen LogP contribution in [0.3, 0.4) is 0 Å². The number of ether oxygens (including phenoxy) is 4. The van der Waals surface area contributed by atoms with Gasteiger partial charge in [0, 0.05) is 0 Å². The average molecular weight is 480 g/mol. The van der Waals surface area contributed by atoms with Gasteiger partial charge in [0.2, 0.25) is 5.88 Å². The Morgan fingerprint density at radius 1 is 1.14 bits per heavy atom. The van der Waals surface area contributed by atoms with Crippen molar-refractivity contribution in [1.29, 1.82) is 0 Å². The maximum atomic E-state index is 13.2. The van der Waals surface area contributed by atoms with E-state index >= 15 is 0 Å². The van der Waals surface area contributed by atoms with Crippen LogP contribution in [0.4, 0.5) is 0 Å². The highest BCUT2D eigenvalue weighted by Crippen LogP contribution is 2.45. The van der Waals surface area contributed by atoms with Crippen LogP contribution >= 0.6 is 0 Å². The van der Waals surface area contributed by atoms with E-state index in [2.05, 4.69) is 13.8 Å². The van der Waals surface area contributed by atoms with Gasteiger partial charge in [0.15, 0.2) is 17.2 Å². The number of hydrogen-bond donors (Lipinski definition) is 1. The Labute approximate surface area is 203 Å². The second-order valence-corrected chi connectivity index (χ2v) is 8.60. The molecule has 0 fully saturated rings. The van der Waals surface area contributed by atoms with Crippen LogP contribution in [0.5, 0.6) is 17.2 Å². The number of methoxy groups -OCH3 is 1. The maximum Gasteiger partial charge on any atom is 0.344 e. The topological polar surface area (TPSA) is 110 Å². The normalized spacial score (nSPS) is 15.1. The van der Waals surface area contributed by atoms with Crippen molar-refractivity contribution in [2.24, 2.45) is 11.7 Å². The number of carbonyl (C=O) groups excluding carboxylic acids is 1. The zero-order chi connectivity index (χ0) is 25.1. The molecule has 0 amide bonds. The first-order chi connectivity index (χ1) is 16.8. The zero-order valence-electron chi connectivity index (χ0n) is 20.3. The van der Waals surface area contributed by atoms with Gasteiger partial charge in [0.1, 0.15) is 11.2 Å². The van der Waals surface area contributed by atoms with Crippen LogP contribution in [0.1, 0.15) is 44.2 Å². The summed E-state index contributed by atoms with van der Waals surface area (Å²) >= 11 is 0. The molecule has 0 bridgehead atoms. The molecule has 1 aromatic heterocycles. The monoisotopic (exact) mass is 479 g/mol. The molecular formula is C27H29NO7. The summed E-state index contributed by atoms with van der Waals surface area (Å²) in [4.78, 5) is 26.2. The number of carbonyl (C=O) groups is 1. The van der Waals surface area contributed by atoms with Crippen LogP contribution in [-0.4, -0.2) is 26.3 Å². The van der Waals surface area contributed by atoms with E-state index in [0.717, 1.165) is 6.42 Å². The summed E-state index contributed by atoms with van der Waals surface area (Å²) in [5.74, 6) is 0.0715. The van der Waals surface area contributed by atoms with E-state index in [4.69, 9.17) is 29.1 Å². The van der Waals surface area contributed by atoms with Gasteiger partial charge < -0.3 is 29.1 Å². The van der Waals surface area contributed by atoms with Gasteiger partial charge in [-0.25, -0.2) is 9.59 Å². The van der Waals surface area contributed by atoms with Crippen molar-refractivity contribution in [2.75, 3.05) is 20.3 Å². The Balaban J connectivity index is 1.89. The molecule has 1 aliphatic rings. The number of benzene rings is 2. The fourth-order valence-corrected chi connectivity index (χ4v) is 4.09. The molecule has 0 spiro atoms. The first-order valence-corrected chi connectivity index (χ1v) is 11.6. The van der Waals surface area contributed by atoms with E-state index in [1.807, 2.05) is 0 Å². The molecule has 3 aromatic rings. The quantitative estimate of drug-likeness (QED) is 0.372. The molecule has 2 heterocycles. The summed E-state index contributed by atoms with van der Waals surface area (Å²) in [6.45, 7) is 6.59. The van der Waals surface area contributed by atoms with Crippen LogP contribution in [0.2, 0.25) is 0 Å². The molecule has 0 saturated heterocycles. The van der Waals surface area contributed by atoms with Gasteiger partial charge in [-0.2, -0.15) is 0 Å². The summed E-state index contributed by atoms with van der Waals surface area (Å²) in [5.41, 5.74) is 6.75. The second kappa shape index (κ2) is 10.1. The summed E-state index contributed by atoms with van der Waals surface area (Å²) in [6, 6.07) is 12.2. The summed E-state index contributed by atoms with van der Waals surface area (Å²) in [6.07, 6.45) is 0.888. The van der Waals surface area contributed by atoms with Gasteiger partial charge in [-0.15, -0.1) is 0 Å². The number of hydrogen-bond acceptors (Lipinski definition) is 8. The average Bonchev–Trinajstić information content (AvgIpc) is 2.83. The minimum Gasteiger partial charge on any atom is -0.493 e. The molecule has 2 N–H and O–H groups in total. The number of fused-ring (bicyclic) bond motifs is 3. The van der Waals surface area contributed by atoms with E-state index < -0.39 is 17.5 Å². The molecular weight excluding hydrogens is 450 g/mol. The standard InChI is InChI=1S/C27H29NO7/c1-5-32-26(29)23-21(16-10-11-19(20(14-16)31-4)33-13-12-15(2)3)22-24(35-25(23)28)17-8-6-7-9-18(17)34-27(22)30/h6-11,14-15,21H,5,12-13,28H2,1-4H3. The van der Waals surface area contributed by atoms with Crippen molar-refractivity contribution in [1.82, 2.24) is 0 Å². The predicted molar refractivity (Wildman–Crippen MR) is 131 cm³/mol. The van der Waals surface area contributed by atoms with Crippen LogP contribution < -0.4 is 25.6 Å². The molecule has 8 nitrogen and oxygen atoms in total. The summed E-state index contributed by atoms with van der Waals surface area (Å²) in [7, 11) is 1.53.